The number of ether oxygens (including phenoxy) is 1. The van der Waals surface area contributed by atoms with E-state index < -0.39 is 5.97 Å². The van der Waals surface area contributed by atoms with E-state index in [-0.39, 0.29) is 17.8 Å². The summed E-state index contributed by atoms with van der Waals surface area (Å²) in [6.45, 7) is 2.59. The van der Waals surface area contributed by atoms with Gasteiger partial charge in [-0.15, -0.1) is 10.2 Å². The molecule has 6 nitrogen and oxygen atoms in total. The summed E-state index contributed by atoms with van der Waals surface area (Å²) in [4.78, 5) is 10.3. The lowest BCUT2D eigenvalue weighted by Crippen LogP contribution is -1.98. The van der Waals surface area contributed by atoms with Crippen LogP contribution < -0.4 is 0 Å². The first kappa shape index (κ1) is 11.4. The van der Waals surface area contributed by atoms with Gasteiger partial charge in [0.2, 0.25) is 5.89 Å². The van der Waals surface area contributed by atoms with Crippen LogP contribution in [0.15, 0.2) is 9.64 Å². The molecule has 1 aliphatic rings. The molecule has 2 atom stereocenters. The molecule has 2 heterocycles. The predicted octanol–water partition coefficient (Wildman–Crippen LogP) is 1.14. The number of carboxylic acids is 1. The number of thioether (sulfide) groups is 1. The number of hydrogen-bond donors (Lipinski definition) is 1. The standard InChI is InChI=1S/C9H12N2O4S/c1-5-2-6(3-14-5)8-10-11-9(15-8)16-4-7(12)13/h5-6H,2-4H2,1H3,(H,12,13). The normalized spacial score (nSPS) is 24.8. The molecule has 2 rings (SSSR count). The molecular weight excluding hydrogens is 232 g/mol. The molecule has 0 radical (unpaired) electrons. The Morgan fingerprint density at radius 1 is 1.62 bits per heavy atom. The fraction of sp³-hybridized carbons (Fsp3) is 0.667. The highest BCUT2D eigenvalue weighted by atomic mass is 32.2. The van der Waals surface area contributed by atoms with Crippen molar-refractivity contribution in [1.82, 2.24) is 10.2 Å². The van der Waals surface area contributed by atoms with Crippen LogP contribution in [0.4, 0.5) is 0 Å². The Balaban J connectivity index is 1.94. The maximum atomic E-state index is 10.3. The lowest BCUT2D eigenvalue weighted by atomic mass is 10.1. The average molecular weight is 244 g/mol. The van der Waals surface area contributed by atoms with Crippen molar-refractivity contribution in [2.75, 3.05) is 12.4 Å². The summed E-state index contributed by atoms with van der Waals surface area (Å²) in [5.41, 5.74) is 0. The average Bonchev–Trinajstić information content (AvgIpc) is 2.83. The molecular formula is C9H12N2O4S. The van der Waals surface area contributed by atoms with Gasteiger partial charge >= 0.3 is 5.97 Å². The zero-order chi connectivity index (χ0) is 11.5. The third kappa shape index (κ3) is 2.73. The Morgan fingerprint density at radius 2 is 2.44 bits per heavy atom. The van der Waals surface area contributed by atoms with Gasteiger partial charge in [-0.2, -0.15) is 0 Å². The lowest BCUT2D eigenvalue weighted by molar-refractivity contribution is -0.133. The van der Waals surface area contributed by atoms with E-state index in [2.05, 4.69) is 10.2 Å². The quantitative estimate of drug-likeness (QED) is 0.795. The van der Waals surface area contributed by atoms with E-state index in [9.17, 15) is 4.79 Å². The zero-order valence-electron chi connectivity index (χ0n) is 8.75. The molecule has 1 aromatic rings. The Hall–Kier alpha value is -1.08. The molecule has 1 saturated heterocycles. The van der Waals surface area contributed by atoms with Gasteiger partial charge in [-0.1, -0.05) is 11.8 Å². The van der Waals surface area contributed by atoms with E-state index in [4.69, 9.17) is 14.3 Å². The van der Waals surface area contributed by atoms with Crippen LogP contribution in [0.25, 0.3) is 0 Å². The third-order valence-electron chi connectivity index (χ3n) is 2.29. The van der Waals surface area contributed by atoms with E-state index in [1.807, 2.05) is 6.92 Å². The lowest BCUT2D eigenvalue weighted by Gasteiger charge is -1.98. The molecule has 16 heavy (non-hydrogen) atoms. The van der Waals surface area contributed by atoms with Crippen molar-refractivity contribution in [1.29, 1.82) is 0 Å². The number of hydrogen-bond acceptors (Lipinski definition) is 6. The van der Waals surface area contributed by atoms with Gasteiger partial charge < -0.3 is 14.3 Å². The van der Waals surface area contributed by atoms with Crippen molar-refractivity contribution in [3.63, 3.8) is 0 Å². The molecule has 1 aliphatic heterocycles. The Morgan fingerprint density at radius 3 is 3.06 bits per heavy atom. The summed E-state index contributed by atoms with van der Waals surface area (Å²) < 4.78 is 10.8. The first-order chi connectivity index (χ1) is 7.65. The van der Waals surface area contributed by atoms with Gasteiger partial charge in [0.1, 0.15) is 5.75 Å². The van der Waals surface area contributed by atoms with Gasteiger partial charge in [-0.05, 0) is 13.3 Å². The molecule has 0 bridgehead atoms. The molecule has 1 aromatic heterocycles. The number of aliphatic carboxylic acids is 1. The summed E-state index contributed by atoms with van der Waals surface area (Å²) in [6, 6.07) is 0. The highest BCUT2D eigenvalue weighted by Crippen LogP contribution is 2.29. The SMILES string of the molecule is CC1CC(c2nnc(SCC(=O)O)o2)CO1. The molecule has 2 unspecified atom stereocenters. The van der Waals surface area contributed by atoms with Crippen molar-refractivity contribution < 1.29 is 19.1 Å². The van der Waals surface area contributed by atoms with Crippen LogP contribution in [0.1, 0.15) is 25.2 Å². The van der Waals surface area contributed by atoms with Crippen molar-refractivity contribution in [3.8, 4) is 0 Å². The van der Waals surface area contributed by atoms with Gasteiger partial charge in [0.05, 0.1) is 18.6 Å². The first-order valence-electron chi connectivity index (χ1n) is 4.94. The zero-order valence-corrected chi connectivity index (χ0v) is 9.57. The minimum absolute atomic E-state index is 0.0702. The van der Waals surface area contributed by atoms with Gasteiger partial charge in [-0.3, -0.25) is 4.79 Å². The summed E-state index contributed by atoms with van der Waals surface area (Å²) in [7, 11) is 0. The van der Waals surface area contributed by atoms with Crippen molar-refractivity contribution >= 4 is 17.7 Å². The number of nitrogens with zero attached hydrogens (tertiary/aromatic N) is 2. The third-order valence-corrected chi connectivity index (χ3v) is 3.09. The fourth-order valence-corrected chi connectivity index (χ4v) is 2.05. The van der Waals surface area contributed by atoms with E-state index in [1.54, 1.807) is 0 Å². The topological polar surface area (TPSA) is 85.5 Å². The van der Waals surface area contributed by atoms with E-state index in [1.165, 1.54) is 0 Å². The molecule has 88 valence electrons. The number of aromatic nitrogens is 2. The fourth-order valence-electron chi connectivity index (χ4n) is 1.56. The van der Waals surface area contributed by atoms with Crippen LogP contribution in [0.2, 0.25) is 0 Å². The summed E-state index contributed by atoms with van der Waals surface area (Å²) in [5, 5.41) is 16.5. The van der Waals surface area contributed by atoms with E-state index >= 15 is 0 Å². The Bertz CT molecular complexity index is 381. The van der Waals surface area contributed by atoms with Gasteiger partial charge in [0.15, 0.2) is 0 Å². The number of carbonyl (C=O) groups is 1. The molecule has 0 aliphatic carbocycles. The van der Waals surface area contributed by atoms with Crippen LogP contribution in [0.3, 0.4) is 0 Å². The first-order valence-corrected chi connectivity index (χ1v) is 5.93. The minimum atomic E-state index is -0.900. The van der Waals surface area contributed by atoms with Crippen LogP contribution in [0.5, 0.6) is 0 Å². The molecule has 0 amide bonds. The second kappa shape index (κ2) is 4.84. The molecule has 1 N–H and O–H groups in total. The molecule has 1 fully saturated rings. The van der Waals surface area contributed by atoms with E-state index in [0.717, 1.165) is 18.2 Å². The largest absolute Gasteiger partial charge is 0.481 e. The van der Waals surface area contributed by atoms with Gasteiger partial charge in [0.25, 0.3) is 5.22 Å². The van der Waals surface area contributed by atoms with E-state index in [0.29, 0.717) is 17.7 Å². The second-order valence-corrected chi connectivity index (χ2v) is 4.59. The second-order valence-electron chi connectivity index (χ2n) is 3.67. The van der Waals surface area contributed by atoms with Crippen molar-refractivity contribution in [2.45, 2.75) is 30.6 Å². The van der Waals surface area contributed by atoms with Crippen LogP contribution in [-0.4, -0.2) is 39.7 Å². The van der Waals surface area contributed by atoms with Crippen molar-refractivity contribution in [2.24, 2.45) is 0 Å². The van der Waals surface area contributed by atoms with Crippen molar-refractivity contribution in [3.05, 3.63) is 5.89 Å². The predicted molar refractivity (Wildman–Crippen MR) is 55.4 cm³/mol. The smallest absolute Gasteiger partial charge is 0.314 e. The van der Waals surface area contributed by atoms with Gasteiger partial charge in [-0.25, -0.2) is 0 Å². The van der Waals surface area contributed by atoms with Crippen LogP contribution in [-0.2, 0) is 9.53 Å². The summed E-state index contributed by atoms with van der Waals surface area (Å²) in [5.74, 6) is -0.291. The number of rotatable bonds is 4. The Kier molecular flexibility index (Phi) is 3.45. The molecule has 0 saturated carbocycles. The number of carboxylic acid groups (broad SMARTS) is 1. The van der Waals surface area contributed by atoms with Crippen LogP contribution in [0, 0.1) is 0 Å². The highest BCUT2D eigenvalue weighted by molar-refractivity contribution is 7.99. The summed E-state index contributed by atoms with van der Waals surface area (Å²) >= 11 is 1.03. The monoisotopic (exact) mass is 244 g/mol. The molecule has 7 heteroatoms. The molecule has 0 spiro atoms. The minimum Gasteiger partial charge on any atom is -0.481 e. The highest BCUT2D eigenvalue weighted by Gasteiger charge is 2.28. The summed E-state index contributed by atoms with van der Waals surface area (Å²) in [6.07, 6.45) is 1.08. The maximum Gasteiger partial charge on any atom is 0.314 e. The Labute approximate surface area is 96.4 Å². The van der Waals surface area contributed by atoms with Crippen LogP contribution >= 0.6 is 11.8 Å². The molecule has 0 aromatic carbocycles. The maximum absolute atomic E-state index is 10.3. The van der Waals surface area contributed by atoms with Gasteiger partial charge in [0, 0.05) is 0 Å².